The first-order chi connectivity index (χ1) is 11.1. The van der Waals surface area contributed by atoms with Crippen LogP contribution in [0, 0.1) is 6.92 Å². The van der Waals surface area contributed by atoms with E-state index in [-0.39, 0.29) is 18.3 Å². The Balaban J connectivity index is 0.00000208. The van der Waals surface area contributed by atoms with E-state index < -0.39 is 0 Å². The van der Waals surface area contributed by atoms with E-state index in [2.05, 4.69) is 20.5 Å². The topological polar surface area (TPSA) is 57.3 Å². The number of amides is 1. The summed E-state index contributed by atoms with van der Waals surface area (Å²) >= 11 is 6.06. The van der Waals surface area contributed by atoms with Gasteiger partial charge in [0, 0.05) is 36.8 Å². The Bertz CT molecular complexity index is 700. The summed E-state index contributed by atoms with van der Waals surface area (Å²) < 4.78 is 0. The molecule has 0 atom stereocenters. The van der Waals surface area contributed by atoms with Crippen LogP contribution in [0.15, 0.2) is 36.5 Å². The second kappa shape index (κ2) is 8.33. The second-order valence-corrected chi connectivity index (χ2v) is 5.96. The van der Waals surface area contributed by atoms with Gasteiger partial charge in [-0.15, -0.1) is 12.4 Å². The van der Waals surface area contributed by atoms with E-state index >= 15 is 0 Å². The van der Waals surface area contributed by atoms with Gasteiger partial charge in [-0.3, -0.25) is 4.79 Å². The van der Waals surface area contributed by atoms with E-state index in [4.69, 9.17) is 11.6 Å². The normalized spacial score (nSPS) is 14.0. The molecule has 7 heteroatoms. The molecule has 2 aromatic rings. The standard InChI is InChI=1S/C17H19ClN4O.ClH/c1-12-2-3-13(10-15(12)18)17(23)21-16-5-4-14(11-20-16)22-8-6-19-7-9-22;/h2-5,10-11,19H,6-9H2,1H3,(H,20,21,23);1H. The lowest BCUT2D eigenvalue weighted by atomic mass is 10.1. The van der Waals surface area contributed by atoms with Gasteiger partial charge in [-0.05, 0) is 36.8 Å². The molecule has 5 nitrogen and oxygen atoms in total. The van der Waals surface area contributed by atoms with Crippen molar-refractivity contribution in [1.29, 1.82) is 0 Å². The van der Waals surface area contributed by atoms with E-state index in [1.54, 1.807) is 18.3 Å². The van der Waals surface area contributed by atoms with Gasteiger partial charge in [0.15, 0.2) is 0 Å². The number of anilines is 2. The molecule has 1 aromatic carbocycles. The van der Waals surface area contributed by atoms with Crippen LogP contribution in [0.2, 0.25) is 5.02 Å². The monoisotopic (exact) mass is 366 g/mol. The largest absolute Gasteiger partial charge is 0.368 e. The van der Waals surface area contributed by atoms with E-state index in [9.17, 15) is 4.79 Å². The van der Waals surface area contributed by atoms with Crippen LogP contribution < -0.4 is 15.5 Å². The molecular weight excluding hydrogens is 347 g/mol. The van der Waals surface area contributed by atoms with Crippen LogP contribution in [-0.2, 0) is 0 Å². The molecule has 24 heavy (non-hydrogen) atoms. The van der Waals surface area contributed by atoms with Gasteiger partial charge in [-0.25, -0.2) is 4.98 Å². The highest BCUT2D eigenvalue weighted by Crippen LogP contribution is 2.19. The van der Waals surface area contributed by atoms with Crippen LogP contribution in [-0.4, -0.2) is 37.1 Å². The lowest BCUT2D eigenvalue weighted by Gasteiger charge is -2.29. The Morgan fingerprint density at radius 1 is 1.25 bits per heavy atom. The van der Waals surface area contributed by atoms with Gasteiger partial charge >= 0.3 is 0 Å². The average molecular weight is 367 g/mol. The summed E-state index contributed by atoms with van der Waals surface area (Å²) in [7, 11) is 0. The molecule has 1 fully saturated rings. The smallest absolute Gasteiger partial charge is 0.256 e. The first-order valence-corrected chi connectivity index (χ1v) is 8.00. The molecular formula is C17H20Cl2N4O. The third kappa shape index (κ3) is 4.38. The average Bonchev–Trinajstić information content (AvgIpc) is 2.59. The number of nitrogens with zero attached hydrogens (tertiary/aromatic N) is 2. The number of hydrogen-bond donors (Lipinski definition) is 2. The summed E-state index contributed by atoms with van der Waals surface area (Å²) in [5.74, 6) is 0.319. The van der Waals surface area contributed by atoms with Crippen molar-refractivity contribution in [2.75, 3.05) is 36.4 Å². The maximum Gasteiger partial charge on any atom is 0.256 e. The van der Waals surface area contributed by atoms with Gasteiger partial charge in [0.25, 0.3) is 5.91 Å². The number of aromatic nitrogens is 1. The maximum absolute atomic E-state index is 12.2. The minimum absolute atomic E-state index is 0. The molecule has 0 saturated carbocycles. The second-order valence-electron chi connectivity index (χ2n) is 5.56. The van der Waals surface area contributed by atoms with Gasteiger partial charge in [-0.1, -0.05) is 17.7 Å². The number of piperazine rings is 1. The van der Waals surface area contributed by atoms with Crippen molar-refractivity contribution in [1.82, 2.24) is 10.3 Å². The Kier molecular flexibility index (Phi) is 6.43. The molecule has 1 aliphatic rings. The molecule has 128 valence electrons. The predicted octanol–water partition coefficient (Wildman–Crippen LogP) is 3.13. The summed E-state index contributed by atoms with van der Waals surface area (Å²) in [6.07, 6.45) is 1.79. The van der Waals surface area contributed by atoms with Gasteiger partial charge in [-0.2, -0.15) is 0 Å². The van der Waals surface area contributed by atoms with Crippen LogP contribution in [0.5, 0.6) is 0 Å². The summed E-state index contributed by atoms with van der Waals surface area (Å²) in [5, 5.41) is 6.70. The summed E-state index contributed by atoms with van der Waals surface area (Å²) in [5.41, 5.74) is 2.54. The van der Waals surface area contributed by atoms with Crippen LogP contribution >= 0.6 is 24.0 Å². The number of benzene rings is 1. The quantitative estimate of drug-likeness (QED) is 0.875. The zero-order valence-electron chi connectivity index (χ0n) is 13.4. The highest BCUT2D eigenvalue weighted by atomic mass is 35.5. The Morgan fingerprint density at radius 3 is 2.62 bits per heavy atom. The highest BCUT2D eigenvalue weighted by molar-refractivity contribution is 6.31. The summed E-state index contributed by atoms with van der Waals surface area (Å²) in [6, 6.07) is 9.06. The molecule has 2 heterocycles. The molecule has 1 saturated heterocycles. The number of pyridine rings is 1. The zero-order chi connectivity index (χ0) is 16.2. The van der Waals surface area contributed by atoms with Crippen molar-refractivity contribution in [3.63, 3.8) is 0 Å². The van der Waals surface area contributed by atoms with Gasteiger partial charge < -0.3 is 15.5 Å². The van der Waals surface area contributed by atoms with E-state index in [1.807, 2.05) is 25.1 Å². The molecule has 1 aliphatic heterocycles. The Hall–Kier alpha value is -1.82. The van der Waals surface area contributed by atoms with Gasteiger partial charge in [0.2, 0.25) is 0 Å². The first-order valence-electron chi connectivity index (χ1n) is 7.63. The van der Waals surface area contributed by atoms with Crippen molar-refractivity contribution in [2.24, 2.45) is 0 Å². The third-order valence-electron chi connectivity index (χ3n) is 3.91. The van der Waals surface area contributed by atoms with Crippen LogP contribution in [0.3, 0.4) is 0 Å². The lowest BCUT2D eigenvalue weighted by Crippen LogP contribution is -2.43. The third-order valence-corrected chi connectivity index (χ3v) is 4.31. The minimum Gasteiger partial charge on any atom is -0.368 e. The molecule has 1 aromatic heterocycles. The SMILES string of the molecule is Cc1ccc(C(=O)Nc2ccc(N3CCNCC3)cn2)cc1Cl.Cl. The van der Waals surface area contributed by atoms with Crippen molar-refractivity contribution < 1.29 is 4.79 Å². The van der Waals surface area contributed by atoms with E-state index in [0.29, 0.717) is 16.4 Å². The molecule has 0 radical (unpaired) electrons. The molecule has 2 N–H and O–H groups in total. The van der Waals surface area contributed by atoms with E-state index in [0.717, 1.165) is 37.4 Å². The number of halogens is 2. The molecule has 0 bridgehead atoms. The Labute approximate surface area is 152 Å². The van der Waals surface area contributed by atoms with Crippen molar-refractivity contribution in [3.05, 3.63) is 52.7 Å². The fraction of sp³-hybridized carbons (Fsp3) is 0.294. The van der Waals surface area contributed by atoms with Crippen molar-refractivity contribution in [3.8, 4) is 0 Å². The van der Waals surface area contributed by atoms with E-state index in [1.165, 1.54) is 0 Å². The van der Waals surface area contributed by atoms with Crippen LogP contribution in [0.1, 0.15) is 15.9 Å². The van der Waals surface area contributed by atoms with Gasteiger partial charge in [0.1, 0.15) is 5.82 Å². The van der Waals surface area contributed by atoms with Crippen molar-refractivity contribution in [2.45, 2.75) is 6.92 Å². The molecule has 0 spiro atoms. The number of aryl methyl sites for hydroxylation is 1. The highest BCUT2D eigenvalue weighted by Gasteiger charge is 2.12. The first kappa shape index (κ1) is 18.5. The predicted molar refractivity (Wildman–Crippen MR) is 101 cm³/mol. The summed E-state index contributed by atoms with van der Waals surface area (Å²) in [6.45, 7) is 5.80. The summed E-state index contributed by atoms with van der Waals surface area (Å²) in [4.78, 5) is 18.8. The molecule has 0 unspecified atom stereocenters. The molecule has 0 aliphatic carbocycles. The minimum atomic E-state index is -0.214. The number of carbonyl (C=O) groups excluding carboxylic acids is 1. The fourth-order valence-corrected chi connectivity index (χ4v) is 2.67. The molecule has 3 rings (SSSR count). The van der Waals surface area contributed by atoms with Crippen LogP contribution in [0.25, 0.3) is 0 Å². The van der Waals surface area contributed by atoms with Gasteiger partial charge in [0.05, 0.1) is 11.9 Å². The Morgan fingerprint density at radius 2 is 2.00 bits per heavy atom. The van der Waals surface area contributed by atoms with Crippen molar-refractivity contribution >= 4 is 41.4 Å². The number of nitrogens with one attached hydrogen (secondary N) is 2. The lowest BCUT2D eigenvalue weighted by molar-refractivity contribution is 0.102. The van der Waals surface area contributed by atoms with Crippen LogP contribution in [0.4, 0.5) is 11.5 Å². The number of rotatable bonds is 3. The zero-order valence-corrected chi connectivity index (χ0v) is 15.0. The fourth-order valence-electron chi connectivity index (χ4n) is 2.49. The maximum atomic E-state index is 12.2. The molecule has 1 amide bonds. The number of carbonyl (C=O) groups is 1. The number of hydrogen-bond acceptors (Lipinski definition) is 4.